The minimum atomic E-state index is -0.0459. The molecule has 1 heterocycles. The molecule has 0 radical (unpaired) electrons. The Bertz CT molecular complexity index is 1000. The molecule has 2 N–H and O–H groups in total. The number of rotatable bonds is 8. The zero-order valence-electron chi connectivity index (χ0n) is 16.5. The molecule has 0 aliphatic heterocycles. The maximum atomic E-state index is 12.1. The molecule has 3 rings (SSSR count). The van der Waals surface area contributed by atoms with Gasteiger partial charge in [0.1, 0.15) is 5.15 Å². The molecule has 3 aromatic rings. The number of hydrogen-bond donors (Lipinski definition) is 2. The summed E-state index contributed by atoms with van der Waals surface area (Å²) >= 11 is 12.7. The first-order chi connectivity index (χ1) is 14.0. The van der Waals surface area contributed by atoms with E-state index in [2.05, 4.69) is 15.7 Å². The Kier molecular flexibility index (Phi) is 7.31. The molecule has 152 valence electrons. The summed E-state index contributed by atoms with van der Waals surface area (Å²) in [6.45, 7) is 5.82. The van der Waals surface area contributed by atoms with Gasteiger partial charge in [-0.3, -0.25) is 4.79 Å². The van der Waals surface area contributed by atoms with Crippen molar-refractivity contribution in [2.75, 3.05) is 6.54 Å². The van der Waals surface area contributed by atoms with Gasteiger partial charge in [0.05, 0.1) is 11.4 Å². The molecule has 0 bridgehead atoms. The number of hydrogen-bond acceptors (Lipinski definition) is 3. The maximum Gasteiger partial charge on any atom is 0.251 e. The second-order valence-electron chi connectivity index (χ2n) is 6.81. The van der Waals surface area contributed by atoms with Crippen molar-refractivity contribution in [1.82, 2.24) is 20.4 Å². The molecule has 29 heavy (non-hydrogen) atoms. The number of benzene rings is 2. The number of carbonyl (C=O) groups excluding carboxylic acids is 1. The predicted octanol–water partition coefficient (Wildman–Crippen LogP) is 4.92. The monoisotopic (exact) mass is 430 g/mol. The number of nitrogens with zero attached hydrogens (tertiary/aromatic N) is 2. The van der Waals surface area contributed by atoms with Crippen molar-refractivity contribution < 1.29 is 4.79 Å². The van der Waals surface area contributed by atoms with Crippen LogP contribution in [0.4, 0.5) is 0 Å². The van der Waals surface area contributed by atoms with Crippen LogP contribution >= 0.6 is 23.2 Å². The SMILES string of the molecule is CCCNC(=O)c1cccc(CNCc2c(C)nn(-c3cccc(Cl)c3)c2Cl)c1. The van der Waals surface area contributed by atoms with E-state index in [1.807, 2.05) is 62.4 Å². The van der Waals surface area contributed by atoms with Crippen LogP contribution < -0.4 is 10.6 Å². The quantitative estimate of drug-likeness (QED) is 0.533. The van der Waals surface area contributed by atoms with Crippen molar-refractivity contribution in [3.63, 3.8) is 0 Å². The summed E-state index contributed by atoms with van der Waals surface area (Å²) in [6, 6.07) is 15.0. The van der Waals surface area contributed by atoms with Crippen LogP contribution in [0.2, 0.25) is 10.2 Å². The Morgan fingerprint density at radius 1 is 1.10 bits per heavy atom. The second kappa shape index (κ2) is 9.92. The summed E-state index contributed by atoms with van der Waals surface area (Å²) in [6.07, 6.45) is 0.913. The fraction of sp³-hybridized carbons (Fsp3) is 0.273. The molecule has 7 heteroatoms. The van der Waals surface area contributed by atoms with Gasteiger partial charge < -0.3 is 10.6 Å². The lowest BCUT2D eigenvalue weighted by Crippen LogP contribution is -2.24. The lowest BCUT2D eigenvalue weighted by Gasteiger charge is -2.08. The molecule has 1 amide bonds. The van der Waals surface area contributed by atoms with E-state index in [9.17, 15) is 4.79 Å². The minimum Gasteiger partial charge on any atom is -0.352 e. The van der Waals surface area contributed by atoms with E-state index in [1.165, 1.54) is 0 Å². The number of halogens is 2. The van der Waals surface area contributed by atoms with Crippen molar-refractivity contribution in [3.05, 3.63) is 81.1 Å². The van der Waals surface area contributed by atoms with E-state index in [0.29, 0.717) is 35.4 Å². The largest absolute Gasteiger partial charge is 0.352 e. The average molecular weight is 431 g/mol. The molecule has 1 aromatic heterocycles. The van der Waals surface area contributed by atoms with Crippen molar-refractivity contribution in [2.24, 2.45) is 0 Å². The van der Waals surface area contributed by atoms with E-state index in [-0.39, 0.29) is 5.91 Å². The predicted molar refractivity (Wildman–Crippen MR) is 118 cm³/mol. The maximum absolute atomic E-state index is 12.1. The number of carbonyl (C=O) groups is 1. The summed E-state index contributed by atoms with van der Waals surface area (Å²) in [7, 11) is 0. The van der Waals surface area contributed by atoms with Gasteiger partial charge in [-0.1, -0.05) is 48.3 Å². The summed E-state index contributed by atoms with van der Waals surface area (Å²) < 4.78 is 1.69. The van der Waals surface area contributed by atoms with Crippen LogP contribution in [-0.2, 0) is 13.1 Å². The molecule has 0 saturated carbocycles. The Morgan fingerprint density at radius 3 is 2.66 bits per heavy atom. The highest BCUT2D eigenvalue weighted by molar-refractivity contribution is 6.31. The molecule has 0 unspecified atom stereocenters. The van der Waals surface area contributed by atoms with E-state index in [4.69, 9.17) is 23.2 Å². The lowest BCUT2D eigenvalue weighted by molar-refractivity contribution is 0.0953. The summed E-state index contributed by atoms with van der Waals surface area (Å²) in [5.41, 5.74) is 4.31. The number of amides is 1. The highest BCUT2D eigenvalue weighted by Gasteiger charge is 2.14. The van der Waals surface area contributed by atoms with Gasteiger partial charge in [0.25, 0.3) is 5.91 Å². The molecule has 0 fully saturated rings. The van der Waals surface area contributed by atoms with Gasteiger partial charge in [-0.2, -0.15) is 5.10 Å². The third-order valence-corrected chi connectivity index (χ3v) is 5.15. The van der Waals surface area contributed by atoms with Crippen LogP contribution in [0, 0.1) is 6.92 Å². The highest BCUT2D eigenvalue weighted by atomic mass is 35.5. The molecule has 0 aliphatic rings. The fourth-order valence-corrected chi connectivity index (χ4v) is 3.53. The molecular formula is C22H24Cl2N4O. The first-order valence-electron chi connectivity index (χ1n) is 9.57. The van der Waals surface area contributed by atoms with E-state index in [0.717, 1.165) is 28.9 Å². The van der Waals surface area contributed by atoms with Crippen LogP contribution in [0.15, 0.2) is 48.5 Å². The van der Waals surface area contributed by atoms with E-state index >= 15 is 0 Å². The Labute approximate surface area is 181 Å². The van der Waals surface area contributed by atoms with E-state index in [1.54, 1.807) is 4.68 Å². The van der Waals surface area contributed by atoms with E-state index < -0.39 is 0 Å². The molecule has 0 atom stereocenters. The molecule has 5 nitrogen and oxygen atoms in total. The standard InChI is InChI=1S/C22H24Cl2N4O/c1-3-10-26-22(29)17-7-4-6-16(11-17)13-25-14-20-15(2)27-28(21(20)24)19-9-5-8-18(23)12-19/h4-9,11-12,25H,3,10,13-14H2,1-2H3,(H,26,29). The fourth-order valence-electron chi connectivity index (χ4n) is 3.01. The van der Waals surface area contributed by atoms with Crippen molar-refractivity contribution >= 4 is 29.1 Å². The molecule has 0 saturated heterocycles. The van der Waals surface area contributed by atoms with Crippen LogP contribution in [-0.4, -0.2) is 22.2 Å². The lowest BCUT2D eigenvalue weighted by atomic mass is 10.1. The smallest absolute Gasteiger partial charge is 0.251 e. The molecule has 0 spiro atoms. The van der Waals surface area contributed by atoms with Crippen LogP contribution in [0.25, 0.3) is 5.69 Å². The van der Waals surface area contributed by atoms with Crippen molar-refractivity contribution in [2.45, 2.75) is 33.4 Å². The van der Waals surface area contributed by atoms with Crippen molar-refractivity contribution in [3.8, 4) is 5.69 Å². The third kappa shape index (κ3) is 5.38. The van der Waals surface area contributed by atoms with Gasteiger partial charge in [-0.15, -0.1) is 0 Å². The molecule has 2 aromatic carbocycles. The number of aryl methyl sites for hydroxylation is 1. The van der Waals surface area contributed by atoms with Gasteiger partial charge in [0.2, 0.25) is 0 Å². The normalized spacial score (nSPS) is 10.9. The molecular weight excluding hydrogens is 407 g/mol. The second-order valence-corrected chi connectivity index (χ2v) is 7.60. The Morgan fingerprint density at radius 2 is 1.90 bits per heavy atom. The topological polar surface area (TPSA) is 59.0 Å². The third-order valence-electron chi connectivity index (χ3n) is 4.53. The van der Waals surface area contributed by atoms with Gasteiger partial charge in [-0.25, -0.2) is 4.68 Å². The zero-order chi connectivity index (χ0) is 20.8. The summed E-state index contributed by atoms with van der Waals surface area (Å²) in [5, 5.41) is 12.0. The average Bonchev–Trinajstić information content (AvgIpc) is 3.00. The highest BCUT2D eigenvalue weighted by Crippen LogP contribution is 2.25. The zero-order valence-corrected chi connectivity index (χ0v) is 18.0. The van der Waals surface area contributed by atoms with Crippen LogP contribution in [0.1, 0.15) is 40.5 Å². The number of nitrogens with one attached hydrogen (secondary N) is 2. The van der Waals surface area contributed by atoms with Crippen LogP contribution in [0.5, 0.6) is 0 Å². The van der Waals surface area contributed by atoms with Crippen molar-refractivity contribution in [1.29, 1.82) is 0 Å². The Hall–Kier alpha value is -2.34. The van der Waals surface area contributed by atoms with Gasteiger partial charge >= 0.3 is 0 Å². The summed E-state index contributed by atoms with van der Waals surface area (Å²) in [4.78, 5) is 12.1. The van der Waals surface area contributed by atoms with Gasteiger partial charge in [-0.05, 0) is 49.2 Å². The van der Waals surface area contributed by atoms with Crippen LogP contribution in [0.3, 0.4) is 0 Å². The minimum absolute atomic E-state index is 0.0459. The van der Waals surface area contributed by atoms with Gasteiger partial charge in [0, 0.05) is 35.8 Å². The van der Waals surface area contributed by atoms with Gasteiger partial charge in [0.15, 0.2) is 0 Å². The molecule has 0 aliphatic carbocycles. The number of aromatic nitrogens is 2. The first kappa shape index (κ1) is 21.4. The first-order valence-corrected chi connectivity index (χ1v) is 10.3. The Balaban J connectivity index is 1.66. The summed E-state index contributed by atoms with van der Waals surface area (Å²) in [5.74, 6) is -0.0459.